The second-order valence-corrected chi connectivity index (χ2v) is 4.10. The van der Waals surface area contributed by atoms with Gasteiger partial charge in [-0.1, -0.05) is 37.5 Å². The van der Waals surface area contributed by atoms with Gasteiger partial charge in [0.1, 0.15) is 0 Å². The van der Waals surface area contributed by atoms with Crippen LogP contribution in [0.5, 0.6) is 0 Å². The zero-order chi connectivity index (χ0) is 9.52. The van der Waals surface area contributed by atoms with Gasteiger partial charge in [-0.15, -0.1) is 6.58 Å². The average Bonchev–Trinajstić information content (AvgIpc) is 2.21. The predicted molar refractivity (Wildman–Crippen MR) is 59.7 cm³/mol. The van der Waals surface area contributed by atoms with Gasteiger partial charge in [0.2, 0.25) is 0 Å². The Labute approximate surface area is 82.7 Å². The van der Waals surface area contributed by atoms with E-state index in [4.69, 9.17) is 0 Å². The van der Waals surface area contributed by atoms with Crippen LogP contribution >= 0.6 is 0 Å². The number of hydrogen-bond donors (Lipinski definition) is 0. The van der Waals surface area contributed by atoms with Crippen molar-refractivity contribution in [2.45, 2.75) is 45.4 Å². The summed E-state index contributed by atoms with van der Waals surface area (Å²) in [5.74, 6) is 1.65. The van der Waals surface area contributed by atoms with E-state index in [1.54, 1.807) is 0 Å². The van der Waals surface area contributed by atoms with Crippen molar-refractivity contribution in [2.75, 3.05) is 0 Å². The summed E-state index contributed by atoms with van der Waals surface area (Å²) in [7, 11) is 0. The topological polar surface area (TPSA) is 0 Å². The molecule has 0 saturated heterocycles. The van der Waals surface area contributed by atoms with E-state index in [1.165, 1.54) is 38.5 Å². The van der Waals surface area contributed by atoms with Gasteiger partial charge >= 0.3 is 0 Å². The molecule has 1 aliphatic carbocycles. The fourth-order valence-corrected chi connectivity index (χ4v) is 2.34. The van der Waals surface area contributed by atoms with Crippen molar-refractivity contribution < 1.29 is 0 Å². The smallest absolute Gasteiger partial charge is 0.0173 e. The molecule has 1 saturated carbocycles. The maximum absolute atomic E-state index is 3.96. The molecule has 0 heterocycles. The molecule has 0 aromatic carbocycles. The van der Waals surface area contributed by atoms with Gasteiger partial charge in [0, 0.05) is 0 Å². The molecular weight excluding hydrogens is 156 g/mol. The molecule has 1 fully saturated rings. The van der Waals surface area contributed by atoms with Crippen LogP contribution in [0.4, 0.5) is 0 Å². The molecule has 0 amide bonds. The van der Waals surface area contributed by atoms with Gasteiger partial charge in [0.15, 0.2) is 0 Å². The molecule has 74 valence electrons. The van der Waals surface area contributed by atoms with Crippen LogP contribution in [0.3, 0.4) is 0 Å². The minimum Gasteiger partial charge on any atom is -0.103 e. The van der Waals surface area contributed by atoms with Crippen LogP contribution in [0.1, 0.15) is 45.4 Å². The molecule has 1 atom stereocenters. The van der Waals surface area contributed by atoms with E-state index in [0.717, 1.165) is 11.8 Å². The summed E-state index contributed by atoms with van der Waals surface area (Å²) in [6.45, 7) is 6.05. The minimum absolute atomic E-state index is 0.733. The highest BCUT2D eigenvalue weighted by molar-refractivity contribution is 4.92. The van der Waals surface area contributed by atoms with E-state index >= 15 is 0 Å². The second-order valence-electron chi connectivity index (χ2n) is 4.10. The summed E-state index contributed by atoms with van der Waals surface area (Å²) < 4.78 is 0. The van der Waals surface area contributed by atoms with Crippen LogP contribution in [0.15, 0.2) is 24.8 Å². The number of rotatable bonds is 4. The predicted octanol–water partition coefficient (Wildman–Crippen LogP) is 4.34. The molecule has 1 rings (SSSR count). The third-order valence-corrected chi connectivity index (χ3v) is 3.20. The van der Waals surface area contributed by atoms with Crippen molar-refractivity contribution in [3.05, 3.63) is 24.8 Å². The zero-order valence-corrected chi connectivity index (χ0v) is 8.84. The molecule has 0 N–H and O–H groups in total. The molecule has 0 spiro atoms. The summed E-state index contributed by atoms with van der Waals surface area (Å²) in [4.78, 5) is 0. The lowest BCUT2D eigenvalue weighted by Crippen LogP contribution is -2.15. The minimum atomic E-state index is 0.733. The third-order valence-electron chi connectivity index (χ3n) is 3.20. The Bertz CT molecular complexity index is 161. The number of allylic oxidation sites excluding steroid dienone is 3. The fraction of sp³-hybridized carbons (Fsp3) is 0.692. The average molecular weight is 178 g/mol. The van der Waals surface area contributed by atoms with Crippen molar-refractivity contribution >= 4 is 0 Å². The molecule has 1 aliphatic rings. The Hall–Kier alpha value is -0.520. The van der Waals surface area contributed by atoms with E-state index in [-0.39, 0.29) is 0 Å². The Morgan fingerprint density at radius 2 is 2.00 bits per heavy atom. The summed E-state index contributed by atoms with van der Waals surface area (Å²) in [6.07, 6.45) is 15.0. The van der Waals surface area contributed by atoms with E-state index in [2.05, 4.69) is 31.7 Å². The Morgan fingerprint density at radius 1 is 1.31 bits per heavy atom. The van der Waals surface area contributed by atoms with Crippen molar-refractivity contribution in [3.8, 4) is 0 Å². The zero-order valence-electron chi connectivity index (χ0n) is 8.84. The monoisotopic (exact) mass is 178 g/mol. The van der Waals surface area contributed by atoms with Gasteiger partial charge in [-0.25, -0.2) is 0 Å². The molecule has 0 radical (unpaired) electrons. The summed E-state index contributed by atoms with van der Waals surface area (Å²) in [6, 6.07) is 0. The highest BCUT2D eigenvalue weighted by atomic mass is 14.2. The molecule has 0 nitrogen and oxygen atoms in total. The van der Waals surface area contributed by atoms with Crippen LogP contribution in [-0.4, -0.2) is 0 Å². The highest BCUT2D eigenvalue weighted by Crippen LogP contribution is 2.32. The van der Waals surface area contributed by atoms with Gasteiger partial charge in [-0.2, -0.15) is 0 Å². The van der Waals surface area contributed by atoms with Crippen LogP contribution in [0.2, 0.25) is 0 Å². The van der Waals surface area contributed by atoms with E-state index in [0.29, 0.717) is 0 Å². The molecule has 0 aromatic rings. The Morgan fingerprint density at radius 3 is 2.54 bits per heavy atom. The van der Waals surface area contributed by atoms with Crippen molar-refractivity contribution in [1.29, 1.82) is 0 Å². The van der Waals surface area contributed by atoms with E-state index in [9.17, 15) is 0 Å². The van der Waals surface area contributed by atoms with Gasteiger partial charge in [0.25, 0.3) is 0 Å². The third kappa shape index (κ3) is 3.38. The molecule has 1 unspecified atom stereocenters. The van der Waals surface area contributed by atoms with Crippen molar-refractivity contribution in [1.82, 2.24) is 0 Å². The molecule has 0 bridgehead atoms. The highest BCUT2D eigenvalue weighted by Gasteiger charge is 2.19. The maximum Gasteiger partial charge on any atom is -0.0173 e. The quantitative estimate of drug-likeness (QED) is 0.562. The fourth-order valence-electron chi connectivity index (χ4n) is 2.34. The largest absolute Gasteiger partial charge is 0.103 e. The van der Waals surface area contributed by atoms with Gasteiger partial charge in [0.05, 0.1) is 0 Å². The standard InChI is InChI=1S/C13H22/c1-3-5-9-12(4-2)13-10-7-6-8-11-13/h3-5,12-13H,2,6-11H2,1H3/b5-3+. The molecule has 0 aromatic heterocycles. The van der Waals surface area contributed by atoms with E-state index < -0.39 is 0 Å². The van der Waals surface area contributed by atoms with E-state index in [1.807, 2.05) is 0 Å². The normalized spacial score (nSPS) is 21.9. The summed E-state index contributed by atoms with van der Waals surface area (Å²) in [5.41, 5.74) is 0. The van der Waals surface area contributed by atoms with Gasteiger partial charge in [-0.05, 0) is 38.0 Å². The van der Waals surface area contributed by atoms with Crippen LogP contribution in [0.25, 0.3) is 0 Å². The molecule has 0 aliphatic heterocycles. The lowest BCUT2D eigenvalue weighted by Gasteiger charge is -2.27. The first-order chi connectivity index (χ1) is 6.38. The number of hydrogen-bond acceptors (Lipinski definition) is 0. The van der Waals surface area contributed by atoms with Gasteiger partial charge in [-0.3, -0.25) is 0 Å². The first kappa shape index (κ1) is 10.6. The summed E-state index contributed by atoms with van der Waals surface area (Å²) >= 11 is 0. The van der Waals surface area contributed by atoms with Crippen molar-refractivity contribution in [3.63, 3.8) is 0 Å². The second kappa shape index (κ2) is 6.01. The lowest BCUT2D eigenvalue weighted by molar-refractivity contribution is 0.287. The SMILES string of the molecule is C=CC(C/C=C/C)C1CCCCC1. The lowest BCUT2D eigenvalue weighted by atomic mass is 9.78. The van der Waals surface area contributed by atoms with Crippen LogP contribution in [-0.2, 0) is 0 Å². The first-order valence-corrected chi connectivity index (χ1v) is 5.62. The van der Waals surface area contributed by atoms with Crippen LogP contribution < -0.4 is 0 Å². The Kier molecular flexibility index (Phi) is 4.88. The van der Waals surface area contributed by atoms with Gasteiger partial charge < -0.3 is 0 Å². The maximum atomic E-state index is 3.96. The van der Waals surface area contributed by atoms with Crippen molar-refractivity contribution in [2.24, 2.45) is 11.8 Å². The molecular formula is C13H22. The first-order valence-electron chi connectivity index (χ1n) is 5.62. The molecule has 13 heavy (non-hydrogen) atoms. The molecule has 0 heteroatoms. The van der Waals surface area contributed by atoms with Crippen LogP contribution in [0, 0.1) is 11.8 Å². The summed E-state index contributed by atoms with van der Waals surface area (Å²) in [5, 5.41) is 0. The Balaban J connectivity index is 2.38.